The quantitative estimate of drug-likeness (QED) is 0.794. The standard InChI is InChI=1S/C16H25NO2/c1-4-5-6-13-7-9-14(10-8-13)11-15(18)17-12-16(2,3)19/h7-10,19H,4-6,11-12H2,1-3H3,(H,17,18). The van der Waals surface area contributed by atoms with E-state index in [2.05, 4.69) is 24.4 Å². The maximum absolute atomic E-state index is 11.7. The second-order valence-electron chi connectivity index (χ2n) is 5.69. The first-order valence-electron chi connectivity index (χ1n) is 6.97. The van der Waals surface area contributed by atoms with Gasteiger partial charge in [0.15, 0.2) is 0 Å². The van der Waals surface area contributed by atoms with Gasteiger partial charge >= 0.3 is 0 Å². The number of nitrogens with one attached hydrogen (secondary N) is 1. The number of benzene rings is 1. The van der Waals surface area contributed by atoms with E-state index in [0.29, 0.717) is 6.42 Å². The normalized spacial score (nSPS) is 11.4. The Kier molecular flexibility index (Phi) is 6.03. The summed E-state index contributed by atoms with van der Waals surface area (Å²) in [7, 11) is 0. The topological polar surface area (TPSA) is 49.3 Å². The van der Waals surface area contributed by atoms with Crippen molar-refractivity contribution in [3.05, 3.63) is 35.4 Å². The molecule has 3 heteroatoms. The van der Waals surface area contributed by atoms with Gasteiger partial charge in [0.1, 0.15) is 0 Å². The van der Waals surface area contributed by atoms with E-state index in [1.54, 1.807) is 13.8 Å². The van der Waals surface area contributed by atoms with Gasteiger partial charge in [-0.25, -0.2) is 0 Å². The number of hydrogen-bond donors (Lipinski definition) is 2. The molecule has 0 atom stereocenters. The van der Waals surface area contributed by atoms with E-state index >= 15 is 0 Å². The summed E-state index contributed by atoms with van der Waals surface area (Å²) in [6.07, 6.45) is 3.86. The lowest BCUT2D eigenvalue weighted by atomic mass is 10.0. The average molecular weight is 263 g/mol. The van der Waals surface area contributed by atoms with Crippen LogP contribution in [0.15, 0.2) is 24.3 Å². The summed E-state index contributed by atoms with van der Waals surface area (Å²) in [6.45, 7) is 5.81. The van der Waals surface area contributed by atoms with E-state index < -0.39 is 5.60 Å². The molecule has 1 amide bonds. The number of carbonyl (C=O) groups excluding carboxylic acids is 1. The molecule has 2 N–H and O–H groups in total. The van der Waals surface area contributed by atoms with Crippen LogP contribution in [0.3, 0.4) is 0 Å². The van der Waals surface area contributed by atoms with Crippen LogP contribution in [0.25, 0.3) is 0 Å². The fraction of sp³-hybridized carbons (Fsp3) is 0.562. The van der Waals surface area contributed by atoms with Crippen molar-refractivity contribution >= 4 is 5.91 Å². The molecule has 0 aliphatic heterocycles. The van der Waals surface area contributed by atoms with Gasteiger partial charge in [0.2, 0.25) is 5.91 Å². The zero-order chi connectivity index (χ0) is 14.3. The Morgan fingerprint density at radius 3 is 2.32 bits per heavy atom. The van der Waals surface area contributed by atoms with Gasteiger partial charge in [-0.3, -0.25) is 4.79 Å². The first kappa shape index (κ1) is 15.7. The lowest BCUT2D eigenvalue weighted by Gasteiger charge is -2.17. The summed E-state index contributed by atoms with van der Waals surface area (Å²) < 4.78 is 0. The first-order chi connectivity index (χ1) is 8.90. The van der Waals surface area contributed by atoms with E-state index in [4.69, 9.17) is 0 Å². The molecule has 0 aromatic heterocycles. The highest BCUT2D eigenvalue weighted by atomic mass is 16.3. The molecule has 0 bridgehead atoms. The maximum atomic E-state index is 11.7. The van der Waals surface area contributed by atoms with E-state index in [0.717, 1.165) is 12.0 Å². The van der Waals surface area contributed by atoms with Crippen LogP contribution in [0.2, 0.25) is 0 Å². The van der Waals surface area contributed by atoms with Gasteiger partial charge in [-0.2, -0.15) is 0 Å². The van der Waals surface area contributed by atoms with Crippen LogP contribution in [0.1, 0.15) is 44.7 Å². The van der Waals surface area contributed by atoms with Crippen molar-refractivity contribution < 1.29 is 9.90 Å². The van der Waals surface area contributed by atoms with Gasteiger partial charge in [-0.05, 0) is 37.8 Å². The molecule has 0 spiro atoms. The van der Waals surface area contributed by atoms with Gasteiger partial charge in [0.05, 0.1) is 12.0 Å². The second-order valence-corrected chi connectivity index (χ2v) is 5.69. The SMILES string of the molecule is CCCCc1ccc(CC(=O)NCC(C)(C)O)cc1. The molecule has 0 aliphatic rings. The van der Waals surface area contributed by atoms with Crippen molar-refractivity contribution in [1.29, 1.82) is 0 Å². The Balaban J connectivity index is 2.42. The van der Waals surface area contributed by atoms with Crippen LogP contribution >= 0.6 is 0 Å². The van der Waals surface area contributed by atoms with Gasteiger partial charge in [-0.1, -0.05) is 37.6 Å². The fourth-order valence-corrected chi connectivity index (χ4v) is 1.77. The number of amides is 1. The fourth-order valence-electron chi connectivity index (χ4n) is 1.77. The monoisotopic (exact) mass is 263 g/mol. The molecule has 3 nitrogen and oxygen atoms in total. The predicted octanol–water partition coefficient (Wildman–Crippen LogP) is 2.46. The zero-order valence-corrected chi connectivity index (χ0v) is 12.2. The molecule has 0 saturated heterocycles. The zero-order valence-electron chi connectivity index (χ0n) is 12.2. The molecule has 1 aromatic rings. The molecule has 0 saturated carbocycles. The highest BCUT2D eigenvalue weighted by molar-refractivity contribution is 5.78. The lowest BCUT2D eigenvalue weighted by molar-refractivity contribution is -0.121. The molecule has 19 heavy (non-hydrogen) atoms. The largest absolute Gasteiger partial charge is 0.389 e. The summed E-state index contributed by atoms with van der Waals surface area (Å²) in [5.74, 6) is -0.0524. The van der Waals surface area contributed by atoms with E-state index in [-0.39, 0.29) is 12.5 Å². The van der Waals surface area contributed by atoms with E-state index in [9.17, 15) is 9.90 Å². The lowest BCUT2D eigenvalue weighted by Crippen LogP contribution is -2.38. The Morgan fingerprint density at radius 1 is 1.21 bits per heavy atom. The average Bonchev–Trinajstić information content (AvgIpc) is 2.35. The predicted molar refractivity (Wildman–Crippen MR) is 78.1 cm³/mol. The smallest absolute Gasteiger partial charge is 0.224 e. The van der Waals surface area contributed by atoms with Crippen LogP contribution in [0.4, 0.5) is 0 Å². The van der Waals surface area contributed by atoms with Crippen molar-refractivity contribution in [3.63, 3.8) is 0 Å². The Bertz CT molecular complexity index is 390. The van der Waals surface area contributed by atoms with Gasteiger partial charge in [0, 0.05) is 6.54 Å². The van der Waals surface area contributed by atoms with Crippen molar-refractivity contribution in [3.8, 4) is 0 Å². The molecule has 1 aromatic carbocycles. The highest BCUT2D eigenvalue weighted by Gasteiger charge is 2.13. The Morgan fingerprint density at radius 2 is 1.79 bits per heavy atom. The first-order valence-corrected chi connectivity index (χ1v) is 6.97. The molecular formula is C16H25NO2. The van der Waals surface area contributed by atoms with Crippen molar-refractivity contribution in [1.82, 2.24) is 5.32 Å². The molecule has 106 valence electrons. The van der Waals surface area contributed by atoms with E-state index in [1.807, 2.05) is 12.1 Å². The van der Waals surface area contributed by atoms with Crippen molar-refractivity contribution in [2.45, 2.75) is 52.1 Å². The molecule has 0 heterocycles. The highest BCUT2D eigenvalue weighted by Crippen LogP contribution is 2.08. The van der Waals surface area contributed by atoms with Crippen molar-refractivity contribution in [2.75, 3.05) is 6.54 Å². The van der Waals surface area contributed by atoms with Crippen molar-refractivity contribution in [2.24, 2.45) is 0 Å². The third-order valence-corrected chi connectivity index (χ3v) is 2.92. The number of hydrogen-bond acceptors (Lipinski definition) is 2. The van der Waals surface area contributed by atoms with Crippen LogP contribution in [-0.2, 0) is 17.6 Å². The second kappa shape index (κ2) is 7.29. The third kappa shape index (κ3) is 6.97. The number of rotatable bonds is 7. The summed E-state index contributed by atoms with van der Waals surface area (Å²) in [5.41, 5.74) is 1.47. The van der Waals surface area contributed by atoms with Gasteiger partial charge in [-0.15, -0.1) is 0 Å². The summed E-state index contributed by atoms with van der Waals surface area (Å²) in [5, 5.41) is 12.3. The van der Waals surface area contributed by atoms with Gasteiger partial charge < -0.3 is 10.4 Å². The maximum Gasteiger partial charge on any atom is 0.224 e. The van der Waals surface area contributed by atoms with E-state index in [1.165, 1.54) is 18.4 Å². The Labute approximate surface area is 116 Å². The molecule has 0 aliphatic carbocycles. The van der Waals surface area contributed by atoms with Crippen LogP contribution in [0.5, 0.6) is 0 Å². The number of aliphatic hydroxyl groups is 1. The minimum atomic E-state index is -0.861. The summed E-state index contributed by atoms with van der Waals surface area (Å²) in [6, 6.07) is 8.20. The molecule has 0 unspecified atom stereocenters. The van der Waals surface area contributed by atoms with Gasteiger partial charge in [0.25, 0.3) is 0 Å². The minimum Gasteiger partial charge on any atom is -0.389 e. The third-order valence-electron chi connectivity index (χ3n) is 2.92. The molecular weight excluding hydrogens is 238 g/mol. The molecule has 0 radical (unpaired) electrons. The number of aryl methyl sites for hydroxylation is 1. The minimum absolute atomic E-state index is 0.0524. The van der Waals surface area contributed by atoms with Crippen LogP contribution in [0, 0.1) is 0 Å². The number of carbonyl (C=O) groups is 1. The number of unbranched alkanes of at least 4 members (excludes halogenated alkanes) is 1. The Hall–Kier alpha value is -1.35. The summed E-state index contributed by atoms with van der Waals surface area (Å²) >= 11 is 0. The summed E-state index contributed by atoms with van der Waals surface area (Å²) in [4.78, 5) is 11.7. The molecule has 1 rings (SSSR count). The van der Waals surface area contributed by atoms with Crippen LogP contribution in [-0.4, -0.2) is 23.2 Å². The molecule has 0 fully saturated rings. The van der Waals surface area contributed by atoms with Crippen LogP contribution < -0.4 is 5.32 Å².